The molecule has 10 heteroatoms. The number of aliphatic carboxylic acids is 1. The zero-order valence-corrected chi connectivity index (χ0v) is 21.1. The van der Waals surface area contributed by atoms with E-state index >= 15 is 0 Å². The van der Waals surface area contributed by atoms with Crippen molar-refractivity contribution in [1.82, 2.24) is 29.9 Å². The van der Waals surface area contributed by atoms with Crippen molar-refractivity contribution < 1.29 is 9.90 Å². The molecule has 0 bridgehead atoms. The number of nitrogens with zero attached hydrogens (tertiary/aromatic N) is 7. The first-order valence-electron chi connectivity index (χ1n) is 12.0. The predicted molar refractivity (Wildman–Crippen MR) is 139 cm³/mol. The summed E-state index contributed by atoms with van der Waals surface area (Å²) in [6, 6.07) is 16.7. The van der Waals surface area contributed by atoms with Gasteiger partial charge in [-0.05, 0) is 50.1 Å². The topological polar surface area (TPSA) is 142 Å². The maximum Gasteiger partial charge on any atom is 0.312 e. The zero-order valence-electron chi connectivity index (χ0n) is 21.1. The molecular formula is C27H28N8O2. The van der Waals surface area contributed by atoms with Gasteiger partial charge in [0, 0.05) is 11.6 Å². The number of nitrogens with one attached hydrogen (secondary N) is 1. The summed E-state index contributed by atoms with van der Waals surface area (Å²) in [4.78, 5) is 25.6. The highest BCUT2D eigenvalue weighted by Gasteiger charge is 2.25. The maximum atomic E-state index is 11.7. The van der Waals surface area contributed by atoms with Crippen LogP contribution in [0.15, 0.2) is 54.7 Å². The second-order valence-electron chi connectivity index (χ2n) is 9.37. The third-order valence-electron chi connectivity index (χ3n) is 5.64. The summed E-state index contributed by atoms with van der Waals surface area (Å²) < 4.78 is 1.64. The summed E-state index contributed by atoms with van der Waals surface area (Å²) in [5.41, 5.74) is 4.32. The van der Waals surface area contributed by atoms with Crippen molar-refractivity contribution in [2.24, 2.45) is 5.92 Å². The number of hydrogen-bond donors (Lipinski definition) is 2. The Balaban J connectivity index is 1.65. The second-order valence-corrected chi connectivity index (χ2v) is 9.37. The van der Waals surface area contributed by atoms with Crippen LogP contribution in [-0.4, -0.2) is 47.1 Å². The number of nitriles is 1. The predicted octanol–water partition coefficient (Wildman–Crippen LogP) is 4.36. The minimum Gasteiger partial charge on any atom is -0.481 e. The average molecular weight is 497 g/mol. The van der Waals surface area contributed by atoms with E-state index in [1.54, 1.807) is 29.1 Å². The molecule has 3 aromatic heterocycles. The SMILES string of the molecule is CC(C)Nc1nc(-c2cccc(C#N)c2)cc(-c2cn(Cc3cccc(C(C(=O)O)C(C)C)n3)nn2)n1. The summed E-state index contributed by atoms with van der Waals surface area (Å²) in [5, 5.41) is 30.7. The molecule has 0 amide bonds. The highest BCUT2D eigenvalue weighted by molar-refractivity contribution is 5.75. The summed E-state index contributed by atoms with van der Waals surface area (Å²) in [5.74, 6) is -1.22. The highest BCUT2D eigenvalue weighted by atomic mass is 16.4. The van der Waals surface area contributed by atoms with Crippen LogP contribution in [0.4, 0.5) is 5.95 Å². The molecule has 0 aliphatic carbocycles. The average Bonchev–Trinajstić information content (AvgIpc) is 3.32. The minimum absolute atomic E-state index is 0.0901. The van der Waals surface area contributed by atoms with Gasteiger partial charge in [-0.1, -0.05) is 37.3 Å². The molecular weight excluding hydrogens is 468 g/mol. The highest BCUT2D eigenvalue weighted by Crippen LogP contribution is 2.26. The second kappa shape index (κ2) is 11.0. The molecule has 0 aliphatic rings. The molecule has 37 heavy (non-hydrogen) atoms. The molecule has 188 valence electrons. The number of benzene rings is 1. The fraction of sp³-hybridized carbons (Fsp3) is 0.296. The molecule has 4 rings (SSSR count). The number of anilines is 1. The van der Waals surface area contributed by atoms with Gasteiger partial charge in [0.05, 0.1) is 47.1 Å². The van der Waals surface area contributed by atoms with Gasteiger partial charge in [0.1, 0.15) is 11.6 Å². The normalized spacial score (nSPS) is 11.9. The molecule has 0 radical (unpaired) electrons. The molecule has 4 aromatic rings. The monoisotopic (exact) mass is 496 g/mol. The lowest BCUT2D eigenvalue weighted by Gasteiger charge is -2.16. The number of aromatic nitrogens is 6. The minimum atomic E-state index is -0.895. The number of carbonyl (C=O) groups is 1. The van der Waals surface area contributed by atoms with Crippen LogP contribution in [0.25, 0.3) is 22.6 Å². The van der Waals surface area contributed by atoms with Gasteiger partial charge in [-0.25, -0.2) is 14.6 Å². The Hall–Kier alpha value is -4.65. The van der Waals surface area contributed by atoms with E-state index in [4.69, 9.17) is 0 Å². The van der Waals surface area contributed by atoms with Crippen LogP contribution in [0.1, 0.15) is 50.6 Å². The lowest BCUT2D eigenvalue weighted by Crippen LogP contribution is -2.19. The van der Waals surface area contributed by atoms with Gasteiger partial charge in [-0.15, -0.1) is 5.10 Å². The zero-order chi connectivity index (χ0) is 26.5. The van der Waals surface area contributed by atoms with E-state index in [0.29, 0.717) is 46.5 Å². The number of carboxylic acids is 1. The Bertz CT molecular complexity index is 1450. The smallest absolute Gasteiger partial charge is 0.312 e. The van der Waals surface area contributed by atoms with Crippen LogP contribution in [-0.2, 0) is 11.3 Å². The fourth-order valence-electron chi connectivity index (χ4n) is 3.97. The lowest BCUT2D eigenvalue weighted by molar-refractivity contribution is -0.140. The first-order valence-corrected chi connectivity index (χ1v) is 12.0. The summed E-state index contributed by atoms with van der Waals surface area (Å²) in [7, 11) is 0. The maximum absolute atomic E-state index is 11.7. The first-order chi connectivity index (χ1) is 17.7. The van der Waals surface area contributed by atoms with Gasteiger partial charge in [-0.2, -0.15) is 5.26 Å². The molecule has 1 aromatic carbocycles. The van der Waals surface area contributed by atoms with Crippen molar-refractivity contribution in [1.29, 1.82) is 5.26 Å². The van der Waals surface area contributed by atoms with E-state index in [1.807, 2.05) is 58.0 Å². The Morgan fingerprint density at radius 2 is 1.78 bits per heavy atom. The van der Waals surface area contributed by atoms with Gasteiger partial charge in [0.15, 0.2) is 0 Å². The molecule has 0 saturated heterocycles. The van der Waals surface area contributed by atoms with Crippen molar-refractivity contribution in [3.8, 4) is 28.7 Å². The van der Waals surface area contributed by atoms with Gasteiger partial charge in [0.25, 0.3) is 0 Å². The molecule has 3 heterocycles. The molecule has 0 aliphatic heterocycles. The van der Waals surface area contributed by atoms with E-state index < -0.39 is 11.9 Å². The van der Waals surface area contributed by atoms with Crippen molar-refractivity contribution in [2.75, 3.05) is 5.32 Å². The number of hydrogen-bond acceptors (Lipinski definition) is 8. The van der Waals surface area contributed by atoms with Crippen molar-refractivity contribution in [3.05, 3.63) is 71.7 Å². The third-order valence-corrected chi connectivity index (χ3v) is 5.64. The third kappa shape index (κ3) is 6.13. The van der Waals surface area contributed by atoms with Crippen LogP contribution in [0.3, 0.4) is 0 Å². The largest absolute Gasteiger partial charge is 0.481 e. The van der Waals surface area contributed by atoms with E-state index in [9.17, 15) is 15.2 Å². The molecule has 0 spiro atoms. The van der Waals surface area contributed by atoms with E-state index in [1.165, 1.54) is 0 Å². The van der Waals surface area contributed by atoms with Gasteiger partial charge in [0.2, 0.25) is 5.95 Å². The first kappa shape index (κ1) is 25.4. The summed E-state index contributed by atoms with van der Waals surface area (Å²) in [6.45, 7) is 8.05. The van der Waals surface area contributed by atoms with Crippen LogP contribution in [0.5, 0.6) is 0 Å². The van der Waals surface area contributed by atoms with Crippen LogP contribution < -0.4 is 5.32 Å². The summed E-state index contributed by atoms with van der Waals surface area (Å²) >= 11 is 0. The Kier molecular flexibility index (Phi) is 7.53. The Morgan fingerprint density at radius 1 is 1.03 bits per heavy atom. The van der Waals surface area contributed by atoms with E-state index in [2.05, 4.69) is 36.7 Å². The fourth-order valence-corrected chi connectivity index (χ4v) is 3.97. The van der Waals surface area contributed by atoms with Crippen LogP contribution in [0.2, 0.25) is 0 Å². The van der Waals surface area contributed by atoms with Gasteiger partial charge in [-0.3, -0.25) is 9.78 Å². The van der Waals surface area contributed by atoms with Gasteiger partial charge >= 0.3 is 5.97 Å². The molecule has 0 saturated carbocycles. The van der Waals surface area contributed by atoms with Crippen LogP contribution >= 0.6 is 0 Å². The van der Waals surface area contributed by atoms with Crippen LogP contribution in [0, 0.1) is 17.2 Å². The number of pyridine rings is 1. The molecule has 1 unspecified atom stereocenters. The molecule has 2 N–H and O–H groups in total. The molecule has 0 fully saturated rings. The lowest BCUT2D eigenvalue weighted by atomic mass is 9.92. The standard InChI is InChI=1S/C27H28N8O2/c1-16(2)25(26(36)37)21-10-6-9-20(30-21)14-35-15-24(33-34-35)23-12-22(31-27(32-23)29-17(3)4)19-8-5-7-18(11-19)13-28/h5-12,15-17,25H,14H2,1-4H3,(H,36,37)(H,29,31,32). The Morgan fingerprint density at radius 3 is 2.49 bits per heavy atom. The van der Waals surface area contributed by atoms with Crippen molar-refractivity contribution in [3.63, 3.8) is 0 Å². The summed E-state index contributed by atoms with van der Waals surface area (Å²) in [6.07, 6.45) is 1.77. The molecule has 1 atom stereocenters. The quantitative estimate of drug-likeness (QED) is 0.345. The van der Waals surface area contributed by atoms with Crippen molar-refractivity contribution >= 4 is 11.9 Å². The molecule has 10 nitrogen and oxygen atoms in total. The Labute approximate surface area is 215 Å². The van der Waals surface area contributed by atoms with E-state index in [0.717, 1.165) is 5.56 Å². The van der Waals surface area contributed by atoms with Crippen molar-refractivity contribution in [2.45, 2.75) is 46.2 Å². The van der Waals surface area contributed by atoms with Gasteiger partial charge < -0.3 is 10.4 Å². The number of carboxylic acid groups (broad SMARTS) is 1. The number of rotatable bonds is 9. The van der Waals surface area contributed by atoms with E-state index in [-0.39, 0.29) is 12.0 Å².